The van der Waals surface area contributed by atoms with E-state index in [-0.39, 0.29) is 35.9 Å². The van der Waals surface area contributed by atoms with E-state index < -0.39 is 9.84 Å². The summed E-state index contributed by atoms with van der Waals surface area (Å²) >= 11 is 0. The van der Waals surface area contributed by atoms with E-state index in [0.717, 1.165) is 11.8 Å². The Morgan fingerprint density at radius 3 is 2.76 bits per heavy atom. The molecule has 0 aromatic rings. The topological polar surface area (TPSA) is 75.3 Å². The van der Waals surface area contributed by atoms with Crippen molar-refractivity contribution in [2.45, 2.75) is 51.1 Å². The Kier molecular flexibility index (Phi) is 4.28. The average Bonchev–Trinajstić information content (AvgIpc) is 2.99. The Labute approximate surface area is 127 Å². The first-order valence-electron chi connectivity index (χ1n) is 8.16. The first kappa shape index (κ1) is 15.3. The smallest absolute Gasteiger partial charge is 0.221 e. The molecule has 2 bridgehead atoms. The third-order valence-electron chi connectivity index (χ3n) is 5.56. The highest BCUT2D eigenvalue weighted by Crippen LogP contribution is 2.49. The number of rotatable bonds is 4. The Morgan fingerprint density at radius 2 is 2.14 bits per heavy atom. The molecular weight excluding hydrogens is 288 g/mol. The molecule has 3 aliphatic rings. The van der Waals surface area contributed by atoms with Crippen molar-refractivity contribution in [2.24, 2.45) is 17.8 Å². The third kappa shape index (κ3) is 3.59. The van der Waals surface area contributed by atoms with Crippen LogP contribution in [0.3, 0.4) is 0 Å². The number of fused-ring (bicyclic) bond motifs is 2. The van der Waals surface area contributed by atoms with Crippen LogP contribution in [0.25, 0.3) is 0 Å². The summed E-state index contributed by atoms with van der Waals surface area (Å²) in [7, 11) is -2.97. The number of sulfone groups is 1. The maximum atomic E-state index is 12.1. The summed E-state index contributed by atoms with van der Waals surface area (Å²) in [5.41, 5.74) is 0. The molecule has 2 saturated carbocycles. The van der Waals surface area contributed by atoms with Gasteiger partial charge in [-0.1, -0.05) is 6.42 Å². The molecule has 5 unspecified atom stereocenters. The minimum absolute atomic E-state index is 0.0140. The first-order chi connectivity index (χ1) is 9.93. The number of carbonyl (C=O) groups is 1. The molecule has 3 rings (SSSR count). The fourth-order valence-electron chi connectivity index (χ4n) is 4.55. The molecule has 2 aliphatic carbocycles. The molecule has 5 nitrogen and oxygen atoms in total. The molecule has 1 saturated heterocycles. The molecule has 2 N–H and O–H groups in total. The van der Waals surface area contributed by atoms with Crippen LogP contribution < -0.4 is 10.6 Å². The number of hydrogen-bond donors (Lipinski definition) is 2. The Morgan fingerprint density at radius 1 is 1.33 bits per heavy atom. The van der Waals surface area contributed by atoms with Crippen molar-refractivity contribution in [1.29, 1.82) is 0 Å². The molecule has 0 aromatic carbocycles. The van der Waals surface area contributed by atoms with Gasteiger partial charge in [0, 0.05) is 25.0 Å². The van der Waals surface area contributed by atoms with Gasteiger partial charge in [0.25, 0.3) is 0 Å². The molecule has 0 aromatic heterocycles. The minimum atomic E-state index is -2.97. The van der Waals surface area contributed by atoms with Crippen LogP contribution in [-0.2, 0) is 14.6 Å². The Hall–Kier alpha value is -0.620. The number of amides is 1. The van der Waals surface area contributed by atoms with Crippen LogP contribution in [0.1, 0.15) is 39.0 Å². The predicted octanol–water partition coefficient (Wildman–Crippen LogP) is 0.704. The molecular formula is C15H26N2O3S. The lowest BCUT2D eigenvalue weighted by Gasteiger charge is -2.29. The molecule has 3 fully saturated rings. The van der Waals surface area contributed by atoms with Gasteiger partial charge >= 0.3 is 0 Å². The molecule has 120 valence electrons. The van der Waals surface area contributed by atoms with Gasteiger partial charge in [0.05, 0.1) is 11.5 Å². The summed E-state index contributed by atoms with van der Waals surface area (Å²) in [6.07, 6.45) is 5.55. The number of hydrogen-bond acceptors (Lipinski definition) is 4. The van der Waals surface area contributed by atoms with Crippen molar-refractivity contribution in [3.8, 4) is 0 Å². The maximum Gasteiger partial charge on any atom is 0.221 e. The highest BCUT2D eigenvalue weighted by molar-refractivity contribution is 7.91. The van der Waals surface area contributed by atoms with Crippen molar-refractivity contribution in [1.82, 2.24) is 10.6 Å². The van der Waals surface area contributed by atoms with Crippen molar-refractivity contribution < 1.29 is 13.2 Å². The second-order valence-corrected chi connectivity index (χ2v) is 9.39. The van der Waals surface area contributed by atoms with E-state index >= 15 is 0 Å². The highest BCUT2D eigenvalue weighted by atomic mass is 32.2. The number of carbonyl (C=O) groups excluding carboxylic acids is 1. The zero-order valence-electron chi connectivity index (χ0n) is 12.7. The second kappa shape index (κ2) is 5.88. The number of nitrogens with one attached hydrogen (secondary N) is 2. The van der Waals surface area contributed by atoms with Gasteiger partial charge in [0.2, 0.25) is 5.91 Å². The summed E-state index contributed by atoms with van der Waals surface area (Å²) in [6, 6.07) is -0.0102. The molecule has 0 radical (unpaired) electrons. The molecule has 1 heterocycles. The average molecular weight is 314 g/mol. The fourth-order valence-corrected chi connectivity index (χ4v) is 5.99. The summed E-state index contributed by atoms with van der Waals surface area (Å²) in [6.45, 7) is 2.57. The molecule has 6 heteroatoms. The first-order valence-corrected chi connectivity index (χ1v) is 9.98. The second-order valence-electron chi connectivity index (χ2n) is 7.16. The van der Waals surface area contributed by atoms with Crippen LogP contribution in [0.15, 0.2) is 0 Å². The largest absolute Gasteiger partial charge is 0.353 e. The Bertz CT molecular complexity index is 505. The molecule has 1 aliphatic heterocycles. The quantitative estimate of drug-likeness (QED) is 0.801. The highest BCUT2D eigenvalue weighted by Gasteiger charge is 2.42. The van der Waals surface area contributed by atoms with Gasteiger partial charge in [0.1, 0.15) is 0 Å². The molecule has 5 atom stereocenters. The fraction of sp³-hybridized carbons (Fsp3) is 0.933. The molecule has 0 spiro atoms. The summed E-state index contributed by atoms with van der Waals surface area (Å²) in [5.74, 6) is 2.55. The third-order valence-corrected chi connectivity index (χ3v) is 7.29. The van der Waals surface area contributed by atoms with Crippen LogP contribution in [-0.4, -0.2) is 44.5 Å². The van der Waals surface area contributed by atoms with Crippen LogP contribution in [0.4, 0.5) is 0 Å². The van der Waals surface area contributed by atoms with Gasteiger partial charge in [-0.2, -0.15) is 0 Å². The lowest BCUT2D eigenvalue weighted by molar-refractivity contribution is -0.122. The SMILES string of the molecule is CC(NC(=O)CC1CS(=O)(=O)CCN1)C1CC2CCC1C2. The summed E-state index contributed by atoms with van der Waals surface area (Å²) in [5, 5.41) is 6.24. The van der Waals surface area contributed by atoms with E-state index in [9.17, 15) is 13.2 Å². The van der Waals surface area contributed by atoms with E-state index in [2.05, 4.69) is 17.6 Å². The minimum Gasteiger partial charge on any atom is -0.353 e. The van der Waals surface area contributed by atoms with Crippen molar-refractivity contribution in [2.75, 3.05) is 18.1 Å². The van der Waals surface area contributed by atoms with Crippen molar-refractivity contribution in [3.63, 3.8) is 0 Å². The van der Waals surface area contributed by atoms with Gasteiger partial charge in [-0.3, -0.25) is 4.79 Å². The predicted molar refractivity (Wildman–Crippen MR) is 81.6 cm³/mol. The van der Waals surface area contributed by atoms with E-state index in [1.165, 1.54) is 25.7 Å². The van der Waals surface area contributed by atoms with Crippen LogP contribution in [0.5, 0.6) is 0 Å². The summed E-state index contributed by atoms with van der Waals surface area (Å²) in [4.78, 5) is 12.1. The van der Waals surface area contributed by atoms with Gasteiger partial charge in [-0.05, 0) is 43.9 Å². The van der Waals surface area contributed by atoms with E-state index in [1.54, 1.807) is 0 Å². The monoisotopic (exact) mass is 314 g/mol. The molecule has 1 amide bonds. The van der Waals surface area contributed by atoms with Crippen LogP contribution in [0, 0.1) is 17.8 Å². The van der Waals surface area contributed by atoms with Crippen molar-refractivity contribution >= 4 is 15.7 Å². The van der Waals surface area contributed by atoms with Crippen LogP contribution in [0.2, 0.25) is 0 Å². The normalized spacial score (nSPS) is 39.1. The van der Waals surface area contributed by atoms with Gasteiger partial charge in [-0.25, -0.2) is 8.42 Å². The standard InChI is InChI=1S/C15H26N2O3S/c1-10(14-7-11-2-3-12(14)6-11)17-15(18)8-13-9-21(19,20)5-4-16-13/h10-14,16H,2-9H2,1H3,(H,17,18). The van der Waals surface area contributed by atoms with Gasteiger partial charge in [0.15, 0.2) is 9.84 Å². The van der Waals surface area contributed by atoms with E-state index in [4.69, 9.17) is 0 Å². The lowest BCUT2D eigenvalue weighted by atomic mass is 9.84. The Balaban J connectivity index is 1.48. The van der Waals surface area contributed by atoms with Gasteiger partial charge in [-0.15, -0.1) is 0 Å². The lowest BCUT2D eigenvalue weighted by Crippen LogP contribution is -2.49. The van der Waals surface area contributed by atoms with Crippen molar-refractivity contribution in [3.05, 3.63) is 0 Å². The van der Waals surface area contributed by atoms with E-state index in [1.807, 2.05) is 0 Å². The summed E-state index contributed by atoms with van der Waals surface area (Å²) < 4.78 is 23.2. The van der Waals surface area contributed by atoms with Crippen LogP contribution >= 0.6 is 0 Å². The van der Waals surface area contributed by atoms with Gasteiger partial charge < -0.3 is 10.6 Å². The zero-order valence-corrected chi connectivity index (χ0v) is 13.5. The van der Waals surface area contributed by atoms with E-state index in [0.29, 0.717) is 12.5 Å². The molecule has 21 heavy (non-hydrogen) atoms. The zero-order chi connectivity index (χ0) is 15.0. The maximum absolute atomic E-state index is 12.1.